The molecule has 0 radical (unpaired) electrons. The van der Waals surface area contributed by atoms with Crippen LogP contribution in [-0.4, -0.2) is 42.4 Å². The van der Waals surface area contributed by atoms with E-state index in [4.69, 9.17) is 9.47 Å². The molecule has 2 amide bonds. The summed E-state index contributed by atoms with van der Waals surface area (Å²) in [6, 6.07) is 14.1. The SMILES string of the molecule is Cc1cccc(OCC(=O)OCCCN2C(=O)c3ccccc3C2=O)c1. The standard InChI is InChI=1S/C20H19NO5/c1-14-6-4-7-15(12-14)26-13-18(22)25-11-5-10-21-19(23)16-8-2-3-9-17(16)20(21)24/h2-4,6-9,12H,5,10-11,13H2,1H3. The molecule has 1 aliphatic heterocycles. The van der Waals surface area contributed by atoms with Gasteiger partial charge in [-0.3, -0.25) is 14.5 Å². The van der Waals surface area contributed by atoms with Crippen LogP contribution < -0.4 is 4.74 Å². The second kappa shape index (κ2) is 7.82. The van der Waals surface area contributed by atoms with E-state index < -0.39 is 5.97 Å². The largest absolute Gasteiger partial charge is 0.482 e. The Balaban J connectivity index is 1.40. The number of imide groups is 1. The Morgan fingerprint density at radius 1 is 1.00 bits per heavy atom. The molecule has 134 valence electrons. The highest BCUT2D eigenvalue weighted by Crippen LogP contribution is 2.22. The van der Waals surface area contributed by atoms with Gasteiger partial charge in [0.25, 0.3) is 11.8 Å². The molecule has 1 aliphatic rings. The van der Waals surface area contributed by atoms with Crippen LogP contribution in [0.15, 0.2) is 48.5 Å². The molecule has 6 heteroatoms. The molecule has 2 aromatic rings. The number of nitrogens with zero attached hydrogens (tertiary/aromatic N) is 1. The zero-order chi connectivity index (χ0) is 18.5. The first-order valence-electron chi connectivity index (χ1n) is 8.36. The third-order valence-corrected chi connectivity index (χ3v) is 4.01. The zero-order valence-electron chi connectivity index (χ0n) is 14.4. The maximum atomic E-state index is 12.2. The molecule has 26 heavy (non-hydrogen) atoms. The van der Waals surface area contributed by atoms with Gasteiger partial charge in [-0.25, -0.2) is 4.79 Å². The molecule has 0 fully saturated rings. The van der Waals surface area contributed by atoms with E-state index in [2.05, 4.69) is 0 Å². The lowest BCUT2D eigenvalue weighted by Crippen LogP contribution is -2.31. The molecule has 2 aromatic carbocycles. The van der Waals surface area contributed by atoms with Crippen LogP contribution in [0.25, 0.3) is 0 Å². The molecule has 0 spiro atoms. The number of aryl methyl sites for hydroxylation is 1. The zero-order valence-corrected chi connectivity index (χ0v) is 14.4. The van der Waals surface area contributed by atoms with Crippen molar-refractivity contribution in [2.75, 3.05) is 19.8 Å². The minimum absolute atomic E-state index is 0.115. The van der Waals surface area contributed by atoms with Gasteiger partial charge in [0, 0.05) is 6.54 Å². The maximum absolute atomic E-state index is 12.2. The fraction of sp³-hybridized carbons (Fsp3) is 0.250. The van der Waals surface area contributed by atoms with Gasteiger partial charge in [-0.2, -0.15) is 0 Å². The van der Waals surface area contributed by atoms with Gasteiger partial charge in [0.2, 0.25) is 0 Å². The number of hydrogen-bond acceptors (Lipinski definition) is 5. The lowest BCUT2D eigenvalue weighted by molar-refractivity contribution is -0.146. The van der Waals surface area contributed by atoms with Crippen molar-refractivity contribution in [2.45, 2.75) is 13.3 Å². The van der Waals surface area contributed by atoms with Crippen molar-refractivity contribution in [2.24, 2.45) is 0 Å². The number of ether oxygens (including phenoxy) is 2. The Kier molecular flexibility index (Phi) is 5.31. The van der Waals surface area contributed by atoms with Crippen LogP contribution in [0.3, 0.4) is 0 Å². The fourth-order valence-corrected chi connectivity index (χ4v) is 2.74. The summed E-state index contributed by atoms with van der Waals surface area (Å²) >= 11 is 0. The van der Waals surface area contributed by atoms with Crippen molar-refractivity contribution in [1.82, 2.24) is 4.90 Å². The minimum atomic E-state index is -0.492. The highest BCUT2D eigenvalue weighted by atomic mass is 16.6. The number of hydrogen-bond donors (Lipinski definition) is 0. The molecule has 3 rings (SSSR count). The minimum Gasteiger partial charge on any atom is -0.482 e. The van der Waals surface area contributed by atoms with E-state index in [1.165, 1.54) is 4.90 Å². The molecule has 0 unspecified atom stereocenters. The Morgan fingerprint density at radius 3 is 2.35 bits per heavy atom. The van der Waals surface area contributed by atoms with E-state index in [1.54, 1.807) is 30.3 Å². The second-order valence-electron chi connectivity index (χ2n) is 5.99. The lowest BCUT2D eigenvalue weighted by atomic mass is 10.1. The first-order valence-corrected chi connectivity index (χ1v) is 8.36. The summed E-state index contributed by atoms with van der Waals surface area (Å²) in [5.74, 6) is -0.499. The predicted octanol–water partition coefficient (Wildman–Crippen LogP) is 2.60. The van der Waals surface area contributed by atoms with E-state index in [9.17, 15) is 14.4 Å². The first kappa shape index (κ1) is 17.7. The van der Waals surface area contributed by atoms with Crippen molar-refractivity contribution in [3.63, 3.8) is 0 Å². The van der Waals surface area contributed by atoms with Crippen LogP contribution in [-0.2, 0) is 9.53 Å². The van der Waals surface area contributed by atoms with E-state index in [1.807, 2.05) is 25.1 Å². The van der Waals surface area contributed by atoms with Crippen LogP contribution in [0.5, 0.6) is 5.75 Å². The number of rotatable bonds is 7. The van der Waals surface area contributed by atoms with Gasteiger partial charge in [-0.1, -0.05) is 24.3 Å². The van der Waals surface area contributed by atoms with Gasteiger partial charge in [-0.15, -0.1) is 0 Å². The van der Waals surface area contributed by atoms with Crippen LogP contribution in [0, 0.1) is 6.92 Å². The van der Waals surface area contributed by atoms with Gasteiger partial charge in [0.05, 0.1) is 17.7 Å². The summed E-state index contributed by atoms with van der Waals surface area (Å²) in [5, 5.41) is 0. The van der Waals surface area contributed by atoms with E-state index in [0.717, 1.165) is 5.56 Å². The Morgan fingerprint density at radius 2 is 1.69 bits per heavy atom. The summed E-state index contributed by atoms with van der Waals surface area (Å²) in [4.78, 5) is 37.3. The Bertz CT molecular complexity index is 811. The number of carbonyl (C=O) groups is 3. The monoisotopic (exact) mass is 353 g/mol. The molecule has 0 aromatic heterocycles. The van der Waals surface area contributed by atoms with Crippen LogP contribution >= 0.6 is 0 Å². The lowest BCUT2D eigenvalue weighted by Gasteiger charge is -2.13. The summed E-state index contributed by atoms with van der Waals surface area (Å²) in [5.41, 5.74) is 1.87. The average Bonchev–Trinajstić information content (AvgIpc) is 2.88. The highest BCUT2D eigenvalue weighted by Gasteiger charge is 2.34. The highest BCUT2D eigenvalue weighted by molar-refractivity contribution is 6.21. The molecule has 0 aliphatic carbocycles. The van der Waals surface area contributed by atoms with Crippen LogP contribution in [0.4, 0.5) is 0 Å². The van der Waals surface area contributed by atoms with E-state index in [0.29, 0.717) is 23.3 Å². The van der Waals surface area contributed by atoms with Gasteiger partial charge < -0.3 is 9.47 Å². The quantitative estimate of drug-likeness (QED) is 0.435. The van der Waals surface area contributed by atoms with E-state index in [-0.39, 0.29) is 31.6 Å². The smallest absolute Gasteiger partial charge is 0.344 e. The molecule has 1 heterocycles. The third-order valence-electron chi connectivity index (χ3n) is 4.01. The van der Waals surface area contributed by atoms with Gasteiger partial charge in [0.15, 0.2) is 6.61 Å². The van der Waals surface area contributed by atoms with E-state index >= 15 is 0 Å². The molecule has 0 atom stereocenters. The van der Waals surface area contributed by atoms with Crippen molar-refractivity contribution < 1.29 is 23.9 Å². The second-order valence-corrected chi connectivity index (χ2v) is 5.99. The number of esters is 1. The van der Waals surface area contributed by atoms with Gasteiger partial charge in [-0.05, 0) is 43.2 Å². The van der Waals surface area contributed by atoms with Gasteiger partial charge in [0.1, 0.15) is 5.75 Å². The normalized spacial score (nSPS) is 12.9. The van der Waals surface area contributed by atoms with Gasteiger partial charge >= 0.3 is 5.97 Å². The topological polar surface area (TPSA) is 72.9 Å². The summed E-state index contributed by atoms with van der Waals surface area (Å²) in [7, 11) is 0. The van der Waals surface area contributed by atoms with Crippen LogP contribution in [0.2, 0.25) is 0 Å². The molecular weight excluding hydrogens is 334 g/mol. The molecule has 0 N–H and O–H groups in total. The fourth-order valence-electron chi connectivity index (χ4n) is 2.74. The molecular formula is C20H19NO5. The van der Waals surface area contributed by atoms with Crippen molar-refractivity contribution in [3.05, 3.63) is 65.2 Å². The van der Waals surface area contributed by atoms with Crippen LogP contribution in [0.1, 0.15) is 32.7 Å². The number of carbonyl (C=O) groups excluding carboxylic acids is 3. The molecule has 0 saturated heterocycles. The summed E-state index contributed by atoms with van der Waals surface area (Å²) < 4.78 is 10.5. The average molecular weight is 353 g/mol. The summed E-state index contributed by atoms with van der Waals surface area (Å²) in [6.45, 7) is 2.07. The Hall–Kier alpha value is -3.15. The first-order chi connectivity index (χ1) is 12.6. The summed E-state index contributed by atoms with van der Waals surface area (Å²) in [6.07, 6.45) is 0.377. The van der Waals surface area contributed by atoms with Crippen molar-refractivity contribution >= 4 is 17.8 Å². The number of amides is 2. The third kappa shape index (κ3) is 3.91. The molecule has 0 saturated carbocycles. The number of fused-ring (bicyclic) bond motifs is 1. The molecule has 6 nitrogen and oxygen atoms in total. The maximum Gasteiger partial charge on any atom is 0.344 e. The Labute approximate surface area is 151 Å². The molecule has 0 bridgehead atoms. The number of benzene rings is 2. The van der Waals surface area contributed by atoms with Crippen molar-refractivity contribution in [3.8, 4) is 5.75 Å². The van der Waals surface area contributed by atoms with Crippen molar-refractivity contribution in [1.29, 1.82) is 0 Å². The predicted molar refractivity (Wildman–Crippen MR) is 94.1 cm³/mol.